The van der Waals surface area contributed by atoms with E-state index in [9.17, 15) is 51.9 Å². The van der Waals surface area contributed by atoms with Crippen LogP contribution in [0.3, 0.4) is 0 Å². The van der Waals surface area contributed by atoms with Crippen molar-refractivity contribution in [2.45, 2.75) is 19.6 Å². The molecule has 330 valence electrons. The van der Waals surface area contributed by atoms with Gasteiger partial charge in [-0.05, 0) is 112 Å². The van der Waals surface area contributed by atoms with Crippen LogP contribution in [0.1, 0.15) is 22.8 Å². The molecule has 16 nitrogen and oxygen atoms in total. The van der Waals surface area contributed by atoms with Crippen molar-refractivity contribution in [3.8, 4) is 44.5 Å². The smallest absolute Gasteiger partial charge is 0.744 e. The molecule has 0 saturated carbocycles. The van der Waals surface area contributed by atoms with E-state index in [2.05, 4.69) is 0 Å². The van der Waals surface area contributed by atoms with Gasteiger partial charge >= 0.3 is 111 Å². The molecule has 24 heteroatoms. The normalized spacial score (nSPS) is 12.3. The Morgan fingerprint density at radius 3 is 0.765 bits per heavy atom. The minimum atomic E-state index is -4.82. The van der Waals surface area contributed by atoms with Crippen LogP contribution in [0.5, 0.6) is 0 Å². The maximum absolute atomic E-state index is 11.9. The van der Waals surface area contributed by atoms with Crippen LogP contribution in [-0.4, -0.2) is 61.9 Å². The molecule has 3 aromatic heterocycles. The Morgan fingerprint density at radius 1 is 0.309 bits per heavy atom. The first-order valence-electron chi connectivity index (χ1n) is 18.5. The van der Waals surface area contributed by atoms with Gasteiger partial charge in [-0.15, -0.1) is 22.1 Å². The average molecular weight is 1190 g/mol. The van der Waals surface area contributed by atoms with Gasteiger partial charge in [-0.2, -0.15) is 0 Å². The molecule has 68 heavy (non-hydrogen) atoms. The van der Waals surface area contributed by atoms with Gasteiger partial charge in [0, 0.05) is 5.56 Å². The van der Waals surface area contributed by atoms with Gasteiger partial charge in [-0.1, -0.05) is 72.8 Å². The van der Waals surface area contributed by atoms with Crippen LogP contribution in [0.2, 0.25) is 0 Å². The van der Waals surface area contributed by atoms with Crippen molar-refractivity contribution in [1.29, 1.82) is 0 Å². The monoisotopic (exact) mass is 1190 g/mol. The molecular weight excluding hydrogens is 1170 g/mol. The molecule has 8 bridgehead atoms. The third kappa shape index (κ3) is 11.5. The molecule has 0 saturated heterocycles. The van der Waals surface area contributed by atoms with Gasteiger partial charge in [0.1, 0.15) is 40.5 Å². The predicted molar refractivity (Wildman–Crippen MR) is 230 cm³/mol. The predicted octanol–water partition coefficient (Wildman–Crippen LogP) is -2.79. The molecule has 0 spiro atoms. The van der Waals surface area contributed by atoms with Gasteiger partial charge in [-0.3, -0.25) is 0 Å². The van der Waals surface area contributed by atoms with E-state index < -0.39 is 60.1 Å². The summed E-state index contributed by atoms with van der Waals surface area (Å²) in [6.07, 6.45) is 6.65. The molecule has 0 aliphatic carbocycles. The van der Waals surface area contributed by atoms with E-state index in [0.29, 0.717) is 89.4 Å². The summed E-state index contributed by atoms with van der Waals surface area (Å²) in [5.41, 5.74) is 5.63. The number of rotatable bonds is 8. The summed E-state index contributed by atoms with van der Waals surface area (Å²) in [5, 5.41) is 0. The first-order valence-corrected chi connectivity index (χ1v) is 24.2. The molecule has 7 aromatic rings. The zero-order valence-corrected chi connectivity index (χ0v) is 46.9. The molecule has 2 aliphatic rings. The van der Waals surface area contributed by atoms with Crippen LogP contribution < -0.4 is 98.6 Å². The van der Waals surface area contributed by atoms with Crippen LogP contribution >= 0.6 is 0 Å². The second-order valence-corrected chi connectivity index (χ2v) is 19.8. The number of benzene rings is 4. The summed E-state index contributed by atoms with van der Waals surface area (Å²) in [7, 11) is -19.3. The summed E-state index contributed by atoms with van der Waals surface area (Å²) < 4.78 is 143. The Kier molecular flexibility index (Phi) is 17.5. The first kappa shape index (κ1) is 55.8. The molecule has 4 aromatic carbocycles. The van der Waals surface area contributed by atoms with E-state index in [1.165, 1.54) is 48.5 Å². The largest absolute Gasteiger partial charge is 3.00 e. The maximum atomic E-state index is 11.9. The fourth-order valence-electron chi connectivity index (χ4n) is 7.42. The summed E-state index contributed by atoms with van der Waals surface area (Å²) in [4.78, 5) is 18.0. The SMILES string of the molecule is O=S(=O)([O-])c1ccc(-c2c3nc(c(-c4ccc(S(=O)(=O)[O-])cc4)c4ccc([n-]4)c(-c4ccc(S(=O)(=O)[O-])cc4)c4ccc([n-]4)c(-c4ccc(S(=O)(=O)[O-])cc4)c4nc2C=C4)C=C3)cc1.[Au+3].[Na+].[Na+].[Na+]. The molecule has 0 fully saturated rings. The molecule has 2 aliphatic heterocycles. The summed E-state index contributed by atoms with van der Waals surface area (Å²) in [5.74, 6) is 0. The second kappa shape index (κ2) is 21.3. The standard InChI is InChI=1S/C44H28N4O12S4.Au.3Na/c49-61(50,51)29-9-1-25(2-10-29)41-33-17-19-35(45-33)42(26-3-11-30(12-4-26)62(52,53)54)37-21-23-39(47-37)44(28-7-15-32(16-8-28)64(58,59)60)40-24-22-38(48-40)43(36-20-18-34(41)46-36)27-5-13-31(14-6-27)63(55,56)57;;;;/h1-24H,(H,49,50,51)(H,52,53,54)(H,55,56,57)(H,58,59,60);;;;/q-2;+3;3*+1/p-4. The number of aromatic nitrogens is 4. The number of hydrogen-bond donors (Lipinski definition) is 0. The van der Waals surface area contributed by atoms with E-state index in [4.69, 9.17) is 19.9 Å². The Balaban J connectivity index is 0.00000216. The molecule has 0 amide bonds. The zero-order chi connectivity index (χ0) is 45.3. The molecule has 0 unspecified atom stereocenters. The topological polar surface area (TPSA) is 283 Å². The molecule has 5 heterocycles. The molecule has 0 radical (unpaired) electrons. The average Bonchev–Trinajstić information content (AvgIpc) is 4.08. The van der Waals surface area contributed by atoms with Crippen LogP contribution in [-0.2, 0) is 62.9 Å². The summed E-state index contributed by atoms with van der Waals surface area (Å²) >= 11 is 0. The van der Waals surface area contributed by atoms with Crippen LogP contribution in [0.4, 0.5) is 0 Å². The van der Waals surface area contributed by atoms with Crippen molar-refractivity contribution < 1.29 is 163 Å². The van der Waals surface area contributed by atoms with Crippen LogP contribution in [0.25, 0.3) is 90.9 Å². The Hall–Kier alpha value is -3.14. The van der Waals surface area contributed by atoms with Crippen LogP contribution in [0.15, 0.2) is 141 Å². The van der Waals surface area contributed by atoms with E-state index >= 15 is 0 Å². The Bertz CT molecular complexity index is 3640. The quantitative estimate of drug-likeness (QED) is 0.110. The van der Waals surface area contributed by atoms with E-state index in [0.717, 1.165) is 48.5 Å². The molecule has 9 rings (SSSR count). The van der Waals surface area contributed by atoms with E-state index in [-0.39, 0.29) is 111 Å². The number of hydrogen-bond acceptors (Lipinski definition) is 14. The Morgan fingerprint density at radius 2 is 0.515 bits per heavy atom. The van der Waals surface area contributed by atoms with Crippen molar-refractivity contribution in [3.05, 3.63) is 144 Å². The van der Waals surface area contributed by atoms with E-state index in [1.54, 1.807) is 48.6 Å². The van der Waals surface area contributed by atoms with Crippen molar-refractivity contribution in [1.82, 2.24) is 19.9 Å². The molecule has 0 N–H and O–H groups in total. The zero-order valence-electron chi connectivity index (χ0n) is 35.5. The van der Waals surface area contributed by atoms with Crippen molar-refractivity contribution in [2.75, 3.05) is 0 Å². The van der Waals surface area contributed by atoms with Crippen molar-refractivity contribution in [3.63, 3.8) is 0 Å². The molecular formula is C44H24AuN4Na3O12S4. The summed E-state index contributed by atoms with van der Waals surface area (Å²) in [6, 6.07) is 27.2. The number of nitrogens with zero attached hydrogens (tertiary/aromatic N) is 4. The second-order valence-electron chi connectivity index (χ2n) is 14.3. The van der Waals surface area contributed by atoms with Crippen molar-refractivity contribution in [2.24, 2.45) is 0 Å². The summed E-state index contributed by atoms with van der Waals surface area (Å²) in [6.45, 7) is 0. The van der Waals surface area contributed by atoms with Gasteiger partial charge in [0.15, 0.2) is 0 Å². The fourth-order valence-corrected chi connectivity index (χ4v) is 9.30. The van der Waals surface area contributed by atoms with Crippen LogP contribution in [0, 0.1) is 0 Å². The third-order valence-electron chi connectivity index (χ3n) is 10.3. The van der Waals surface area contributed by atoms with Crippen molar-refractivity contribution >= 4 is 86.8 Å². The van der Waals surface area contributed by atoms with E-state index in [1.807, 2.05) is 0 Å². The minimum Gasteiger partial charge on any atom is -0.744 e. The van der Waals surface area contributed by atoms with Gasteiger partial charge in [0.25, 0.3) is 0 Å². The van der Waals surface area contributed by atoms with Gasteiger partial charge in [-0.25, -0.2) is 43.6 Å². The molecule has 0 atom stereocenters. The minimum absolute atomic E-state index is 0. The third-order valence-corrected chi connectivity index (χ3v) is 13.7. The van der Waals surface area contributed by atoms with Gasteiger partial charge < -0.3 is 28.2 Å². The fraction of sp³-hybridized carbons (Fsp3) is 0. The number of fused-ring (bicyclic) bond motifs is 8. The Labute approximate surface area is 471 Å². The van der Waals surface area contributed by atoms with Gasteiger partial charge in [0.05, 0.1) is 42.4 Å². The first-order chi connectivity index (χ1) is 30.2. The maximum Gasteiger partial charge on any atom is 3.00 e. The van der Waals surface area contributed by atoms with Gasteiger partial charge in [0.2, 0.25) is 0 Å².